The van der Waals surface area contributed by atoms with Crippen molar-refractivity contribution >= 4 is 40.8 Å². The first kappa shape index (κ1) is 19.7. The van der Waals surface area contributed by atoms with E-state index in [1.807, 2.05) is 0 Å². The second-order valence-corrected chi connectivity index (χ2v) is 7.46. The fraction of sp³-hybridized carbons (Fsp3) is 0.143. The summed E-state index contributed by atoms with van der Waals surface area (Å²) in [4.78, 5) is 39.6. The maximum absolute atomic E-state index is 13.3. The van der Waals surface area contributed by atoms with Gasteiger partial charge in [-0.25, -0.2) is 4.79 Å². The van der Waals surface area contributed by atoms with Gasteiger partial charge in [-0.3, -0.25) is 19.9 Å². The molecule has 2 aliphatic rings. The lowest BCUT2D eigenvalue weighted by Crippen LogP contribution is -2.49. The summed E-state index contributed by atoms with van der Waals surface area (Å²) in [6.45, 7) is 1.00. The van der Waals surface area contributed by atoms with E-state index < -0.39 is 23.4 Å². The Morgan fingerprint density at radius 1 is 1.17 bits per heavy atom. The van der Waals surface area contributed by atoms with Gasteiger partial charge in [0.05, 0.1) is 18.0 Å². The number of urea groups is 1. The average molecular weight is 425 g/mol. The molecule has 4 amide bonds. The molecule has 1 fully saturated rings. The maximum atomic E-state index is 13.3. The lowest BCUT2D eigenvalue weighted by Gasteiger charge is -2.20. The molecule has 1 atom stereocenters. The van der Waals surface area contributed by atoms with Crippen LogP contribution in [0.25, 0.3) is 0 Å². The third kappa shape index (κ3) is 2.84. The van der Waals surface area contributed by atoms with Crippen molar-refractivity contribution in [3.05, 3.63) is 76.0 Å². The monoisotopic (exact) mass is 424 g/mol. The molecule has 0 saturated carbocycles. The van der Waals surface area contributed by atoms with E-state index in [9.17, 15) is 19.5 Å². The van der Waals surface area contributed by atoms with Gasteiger partial charge in [-0.2, -0.15) is 0 Å². The van der Waals surface area contributed by atoms with Gasteiger partial charge in [-0.05, 0) is 30.7 Å². The van der Waals surface area contributed by atoms with Gasteiger partial charge < -0.3 is 15.7 Å². The fourth-order valence-electron chi connectivity index (χ4n) is 3.64. The van der Waals surface area contributed by atoms with Crippen LogP contribution in [0.5, 0.6) is 0 Å². The number of amides is 4. The van der Waals surface area contributed by atoms with Crippen LogP contribution in [0.3, 0.4) is 0 Å². The zero-order valence-corrected chi connectivity index (χ0v) is 16.6. The molecule has 4 N–H and O–H groups in total. The Kier molecular flexibility index (Phi) is 4.58. The highest BCUT2D eigenvalue weighted by Gasteiger charge is 2.61. The summed E-state index contributed by atoms with van der Waals surface area (Å²) >= 11 is 6.04. The van der Waals surface area contributed by atoms with Crippen LogP contribution in [0.4, 0.5) is 10.5 Å². The van der Waals surface area contributed by atoms with E-state index in [1.54, 1.807) is 42.5 Å². The normalized spacial score (nSPS) is 20.7. The van der Waals surface area contributed by atoms with Crippen LogP contribution in [0.1, 0.15) is 18.1 Å². The molecule has 0 aliphatic carbocycles. The number of rotatable bonds is 4. The Morgan fingerprint density at radius 2 is 1.87 bits per heavy atom. The number of benzene rings is 2. The van der Waals surface area contributed by atoms with E-state index in [-0.39, 0.29) is 29.2 Å². The molecule has 0 bridgehead atoms. The minimum Gasteiger partial charge on any atom is -0.512 e. The van der Waals surface area contributed by atoms with E-state index in [0.717, 1.165) is 4.90 Å². The number of allylic oxidation sites excluding steroid dienone is 1. The molecule has 1 saturated heterocycles. The van der Waals surface area contributed by atoms with Crippen LogP contribution in [0.2, 0.25) is 5.02 Å². The van der Waals surface area contributed by atoms with E-state index in [1.165, 1.54) is 13.0 Å². The first-order valence-corrected chi connectivity index (χ1v) is 9.42. The smallest absolute Gasteiger partial charge is 0.326 e. The van der Waals surface area contributed by atoms with Crippen LogP contribution in [0, 0.1) is 5.41 Å². The minimum absolute atomic E-state index is 0.0310. The van der Waals surface area contributed by atoms with Crippen molar-refractivity contribution in [3.8, 4) is 0 Å². The topological polar surface area (TPSA) is 123 Å². The summed E-state index contributed by atoms with van der Waals surface area (Å²) in [6, 6.07) is 12.4. The number of nitrogens with one attached hydrogen (secondary N) is 3. The molecule has 9 heteroatoms. The zero-order valence-electron chi connectivity index (χ0n) is 15.8. The number of fused-ring (bicyclic) bond motifs is 2. The number of anilines is 1. The van der Waals surface area contributed by atoms with Crippen LogP contribution < -0.4 is 10.6 Å². The van der Waals surface area contributed by atoms with Crippen molar-refractivity contribution in [2.45, 2.75) is 12.5 Å². The lowest BCUT2D eigenvalue weighted by atomic mass is 9.91. The Labute approximate surface area is 176 Å². The van der Waals surface area contributed by atoms with Crippen molar-refractivity contribution < 1.29 is 19.5 Å². The molecule has 2 aromatic carbocycles. The van der Waals surface area contributed by atoms with Crippen LogP contribution in [0.15, 0.2) is 59.9 Å². The molecule has 30 heavy (non-hydrogen) atoms. The van der Waals surface area contributed by atoms with Crippen molar-refractivity contribution in [1.29, 1.82) is 5.41 Å². The Morgan fingerprint density at radius 3 is 2.53 bits per heavy atom. The van der Waals surface area contributed by atoms with Gasteiger partial charge in [0, 0.05) is 21.8 Å². The van der Waals surface area contributed by atoms with Gasteiger partial charge in [0.1, 0.15) is 0 Å². The van der Waals surface area contributed by atoms with E-state index >= 15 is 0 Å². The van der Waals surface area contributed by atoms with Crippen molar-refractivity contribution in [1.82, 2.24) is 10.2 Å². The Bertz CT molecular complexity index is 1140. The van der Waals surface area contributed by atoms with Gasteiger partial charge in [0.25, 0.3) is 11.8 Å². The molecule has 2 aromatic rings. The highest BCUT2D eigenvalue weighted by molar-refractivity contribution is 6.32. The van der Waals surface area contributed by atoms with E-state index in [2.05, 4.69) is 10.6 Å². The first-order chi connectivity index (χ1) is 14.3. The van der Waals surface area contributed by atoms with Crippen LogP contribution >= 0.6 is 11.6 Å². The van der Waals surface area contributed by atoms with Crippen molar-refractivity contribution in [2.24, 2.45) is 0 Å². The number of aliphatic hydroxyl groups is 1. The molecular formula is C21H17ClN4O4. The standard InChI is InChI=1S/C21H17ClN4O4/c1-11(27)14(17(23)12-5-3-2-4-6-12)10-26-19(29)21(25-20(26)30)15-9-13(22)7-8-16(15)24-18(21)28/h2-9,23,27H,10H2,1H3,(H,24,28)(H,25,30)/b14-11-,23-17?. The van der Waals surface area contributed by atoms with Crippen LogP contribution in [-0.2, 0) is 15.1 Å². The maximum Gasteiger partial charge on any atom is 0.326 e. The first-order valence-electron chi connectivity index (χ1n) is 9.04. The summed E-state index contributed by atoms with van der Waals surface area (Å²) in [5, 5.41) is 23.9. The molecule has 1 unspecified atom stereocenters. The number of aliphatic hydroxyl groups excluding tert-OH is 1. The molecule has 4 rings (SSSR count). The highest BCUT2D eigenvalue weighted by Crippen LogP contribution is 2.41. The number of imide groups is 1. The summed E-state index contributed by atoms with van der Waals surface area (Å²) in [5.41, 5.74) is -0.724. The number of halogens is 1. The van der Waals surface area contributed by atoms with Gasteiger partial charge >= 0.3 is 6.03 Å². The summed E-state index contributed by atoms with van der Waals surface area (Å²) < 4.78 is 0. The number of hydrogen-bond acceptors (Lipinski definition) is 5. The molecule has 2 heterocycles. The fourth-order valence-corrected chi connectivity index (χ4v) is 3.81. The minimum atomic E-state index is -1.93. The van der Waals surface area contributed by atoms with Crippen molar-refractivity contribution in [2.75, 3.05) is 11.9 Å². The number of nitrogens with zero attached hydrogens (tertiary/aromatic N) is 1. The molecule has 0 aromatic heterocycles. The largest absolute Gasteiger partial charge is 0.512 e. The quantitative estimate of drug-likeness (QED) is 0.261. The van der Waals surface area contributed by atoms with Gasteiger partial charge in [-0.15, -0.1) is 0 Å². The average Bonchev–Trinajstić information content (AvgIpc) is 3.14. The second kappa shape index (κ2) is 7.00. The number of carbonyl (C=O) groups excluding carboxylic acids is 3. The van der Waals surface area contributed by atoms with Gasteiger partial charge in [0.15, 0.2) is 0 Å². The summed E-state index contributed by atoms with van der Waals surface area (Å²) in [7, 11) is 0. The predicted octanol–water partition coefficient (Wildman–Crippen LogP) is 2.94. The molecule has 1 spiro atoms. The van der Waals surface area contributed by atoms with Crippen molar-refractivity contribution in [3.63, 3.8) is 0 Å². The Hall–Kier alpha value is -3.65. The van der Waals surface area contributed by atoms with E-state index in [4.69, 9.17) is 17.0 Å². The van der Waals surface area contributed by atoms with Gasteiger partial charge in [0.2, 0.25) is 5.54 Å². The van der Waals surface area contributed by atoms with E-state index in [0.29, 0.717) is 16.3 Å². The third-order valence-corrected chi connectivity index (χ3v) is 5.43. The number of carbonyl (C=O) groups is 3. The lowest BCUT2D eigenvalue weighted by molar-refractivity contribution is -0.137. The SMILES string of the molecule is C/C(O)=C(\CN1C(=O)NC2(C(=O)Nc3ccc(Cl)cc32)C1=O)C(=N)c1ccccc1. The Balaban J connectivity index is 1.71. The predicted molar refractivity (Wildman–Crippen MR) is 111 cm³/mol. The number of hydrogen-bond donors (Lipinski definition) is 4. The zero-order chi connectivity index (χ0) is 21.6. The molecular weight excluding hydrogens is 408 g/mol. The molecule has 8 nitrogen and oxygen atoms in total. The highest BCUT2D eigenvalue weighted by atomic mass is 35.5. The summed E-state index contributed by atoms with van der Waals surface area (Å²) in [5.74, 6) is -1.69. The second-order valence-electron chi connectivity index (χ2n) is 7.02. The van der Waals surface area contributed by atoms with Crippen LogP contribution in [-0.4, -0.2) is 40.1 Å². The van der Waals surface area contributed by atoms with Gasteiger partial charge in [-0.1, -0.05) is 41.9 Å². The third-order valence-electron chi connectivity index (χ3n) is 5.20. The molecule has 152 valence electrons. The molecule has 0 radical (unpaired) electrons. The summed E-state index contributed by atoms with van der Waals surface area (Å²) in [6.07, 6.45) is 0. The molecule has 2 aliphatic heterocycles.